The van der Waals surface area contributed by atoms with Gasteiger partial charge in [-0.05, 0) is 20.3 Å². The number of carbonyl (C=O) groups is 3. The van der Waals surface area contributed by atoms with Crippen molar-refractivity contribution in [1.29, 1.82) is 0 Å². The average molecular weight is 326 g/mol. The highest BCUT2D eigenvalue weighted by Gasteiger charge is 2.01. The van der Waals surface area contributed by atoms with E-state index in [0.717, 1.165) is 0 Å². The molecule has 0 rings (SSSR count). The maximum atomic E-state index is 10.5. The predicted molar refractivity (Wildman–Crippen MR) is 89.6 cm³/mol. The third kappa shape index (κ3) is 17.3. The molecule has 0 heterocycles. The van der Waals surface area contributed by atoms with E-state index >= 15 is 0 Å². The smallest absolute Gasteiger partial charge is 0.333 e. The number of esters is 3. The quantitative estimate of drug-likeness (QED) is 0.334. The molecule has 0 spiro atoms. The second kappa shape index (κ2) is 15.8. The van der Waals surface area contributed by atoms with E-state index in [1.807, 2.05) is 0 Å². The molecule has 6 nitrogen and oxygen atoms in total. The molecule has 0 fully saturated rings. The normalized spacial score (nSPS) is 7.87. The molecule has 0 unspecified atom stereocenters. The van der Waals surface area contributed by atoms with Crippen LogP contribution in [0.3, 0.4) is 0 Å². The molecule has 0 bridgehead atoms. The fraction of sp³-hybridized carbons (Fsp3) is 0.353. The molecule has 0 aromatic rings. The second-order valence-electron chi connectivity index (χ2n) is 4.13. The maximum absolute atomic E-state index is 10.5. The molecule has 0 aliphatic rings. The molecule has 0 atom stereocenters. The van der Waals surface area contributed by atoms with Gasteiger partial charge in [0.1, 0.15) is 0 Å². The first-order chi connectivity index (χ1) is 10.6. The molecular formula is C17H26O6. The van der Waals surface area contributed by atoms with Gasteiger partial charge in [0.15, 0.2) is 0 Å². The van der Waals surface area contributed by atoms with Crippen molar-refractivity contribution in [2.75, 3.05) is 21.3 Å². The van der Waals surface area contributed by atoms with Crippen molar-refractivity contribution in [3.8, 4) is 0 Å². The Hall–Kier alpha value is -2.63. The van der Waals surface area contributed by atoms with Crippen molar-refractivity contribution in [2.45, 2.75) is 20.3 Å². The lowest BCUT2D eigenvalue weighted by Gasteiger charge is -1.96. The number of allylic oxidation sites excluding steroid dienone is 1. The number of hydrogen-bond donors (Lipinski definition) is 0. The van der Waals surface area contributed by atoms with E-state index in [-0.39, 0.29) is 17.9 Å². The van der Waals surface area contributed by atoms with Gasteiger partial charge >= 0.3 is 17.9 Å². The van der Waals surface area contributed by atoms with Crippen molar-refractivity contribution in [3.05, 3.63) is 49.1 Å². The van der Waals surface area contributed by atoms with Gasteiger partial charge in [-0.1, -0.05) is 25.8 Å². The Morgan fingerprint density at radius 3 is 1.22 bits per heavy atom. The van der Waals surface area contributed by atoms with Crippen LogP contribution in [0.4, 0.5) is 0 Å². The molecule has 0 aliphatic carbocycles. The van der Waals surface area contributed by atoms with Crippen molar-refractivity contribution < 1.29 is 28.6 Å². The van der Waals surface area contributed by atoms with E-state index in [4.69, 9.17) is 0 Å². The zero-order valence-electron chi connectivity index (χ0n) is 14.6. The van der Waals surface area contributed by atoms with Crippen LogP contribution in [0.5, 0.6) is 0 Å². The Kier molecular flexibility index (Phi) is 17.3. The Labute approximate surface area is 138 Å². The Morgan fingerprint density at radius 1 is 0.783 bits per heavy atom. The zero-order valence-corrected chi connectivity index (χ0v) is 14.6. The highest BCUT2D eigenvalue weighted by Crippen LogP contribution is 1.99. The minimum absolute atomic E-state index is 0.347. The molecule has 0 N–H and O–H groups in total. The molecule has 0 aliphatic heterocycles. The molecule has 0 amide bonds. The summed E-state index contributed by atoms with van der Waals surface area (Å²) in [5.74, 6) is -1.06. The van der Waals surface area contributed by atoms with E-state index in [1.54, 1.807) is 19.9 Å². The molecule has 130 valence electrons. The van der Waals surface area contributed by atoms with Gasteiger partial charge in [-0.3, -0.25) is 0 Å². The molecule has 0 saturated carbocycles. The first-order valence-corrected chi connectivity index (χ1v) is 6.43. The number of hydrogen-bond acceptors (Lipinski definition) is 6. The fourth-order valence-electron chi connectivity index (χ4n) is 0.750. The molecule has 6 heteroatoms. The Balaban J connectivity index is -0.000000264. The molecule has 0 radical (unpaired) electrons. The zero-order chi connectivity index (χ0) is 19.0. The largest absolute Gasteiger partial charge is 0.466 e. The van der Waals surface area contributed by atoms with Crippen LogP contribution in [0.1, 0.15) is 20.3 Å². The number of ether oxygens (including phenoxy) is 3. The lowest BCUT2D eigenvalue weighted by atomic mass is 10.2. The molecule has 0 aromatic carbocycles. The van der Waals surface area contributed by atoms with Crippen LogP contribution in [-0.4, -0.2) is 39.2 Å². The summed E-state index contributed by atoms with van der Waals surface area (Å²) in [6, 6.07) is 0. The van der Waals surface area contributed by atoms with Gasteiger partial charge in [-0.25, -0.2) is 14.4 Å². The third-order valence-electron chi connectivity index (χ3n) is 1.93. The van der Waals surface area contributed by atoms with Crippen LogP contribution in [0.25, 0.3) is 0 Å². The fourth-order valence-corrected chi connectivity index (χ4v) is 0.750. The van der Waals surface area contributed by atoms with E-state index < -0.39 is 0 Å². The van der Waals surface area contributed by atoms with E-state index in [9.17, 15) is 14.4 Å². The maximum Gasteiger partial charge on any atom is 0.333 e. The summed E-state index contributed by atoms with van der Waals surface area (Å²) in [5, 5.41) is 0. The van der Waals surface area contributed by atoms with Crippen molar-refractivity contribution in [1.82, 2.24) is 0 Å². The second-order valence-corrected chi connectivity index (χ2v) is 4.13. The first-order valence-electron chi connectivity index (χ1n) is 6.43. The van der Waals surface area contributed by atoms with E-state index in [2.05, 4.69) is 40.5 Å². The topological polar surface area (TPSA) is 78.9 Å². The standard InChI is InChI=1S/C7H10O2.2C5H8O2/c1-4-5-6(2)7(8)9-3;2*1-4(2)5(6)7-3/h4H,1-2,5H2,3H3;2*1H2,2-3H3. The molecular weight excluding hydrogens is 300 g/mol. The lowest BCUT2D eigenvalue weighted by molar-refractivity contribution is -0.136. The van der Waals surface area contributed by atoms with Gasteiger partial charge in [-0.2, -0.15) is 0 Å². The van der Waals surface area contributed by atoms with Crippen molar-refractivity contribution in [3.63, 3.8) is 0 Å². The van der Waals surface area contributed by atoms with Gasteiger partial charge in [0.05, 0.1) is 21.3 Å². The monoisotopic (exact) mass is 326 g/mol. The minimum Gasteiger partial charge on any atom is -0.466 e. The predicted octanol–water partition coefficient (Wildman–Crippen LogP) is 2.76. The van der Waals surface area contributed by atoms with E-state index in [0.29, 0.717) is 23.1 Å². The summed E-state index contributed by atoms with van der Waals surface area (Å²) in [6.45, 7) is 16.8. The highest BCUT2D eigenvalue weighted by molar-refractivity contribution is 5.88. The summed E-state index contributed by atoms with van der Waals surface area (Å²) in [4.78, 5) is 30.9. The summed E-state index contributed by atoms with van der Waals surface area (Å²) < 4.78 is 12.9. The van der Waals surface area contributed by atoms with Gasteiger partial charge in [0.2, 0.25) is 0 Å². The highest BCUT2D eigenvalue weighted by atomic mass is 16.5. The van der Waals surface area contributed by atoms with Crippen molar-refractivity contribution in [2.24, 2.45) is 0 Å². The molecule has 23 heavy (non-hydrogen) atoms. The van der Waals surface area contributed by atoms with Crippen LogP contribution >= 0.6 is 0 Å². The first kappa shape index (κ1) is 25.3. The number of rotatable bonds is 5. The average Bonchev–Trinajstić information content (AvgIpc) is 2.53. The summed E-state index contributed by atoms with van der Waals surface area (Å²) in [6.07, 6.45) is 2.10. The molecule has 0 saturated heterocycles. The number of methoxy groups -OCH3 is 3. The van der Waals surface area contributed by atoms with Crippen molar-refractivity contribution >= 4 is 17.9 Å². The SMILES string of the molecule is C=C(C)C(=O)OC.C=C(C)C(=O)OC.C=CCC(=C)C(=O)OC. The van der Waals surface area contributed by atoms with Gasteiger partial charge in [0, 0.05) is 16.7 Å². The summed E-state index contributed by atoms with van der Waals surface area (Å²) in [5.41, 5.74) is 1.30. The van der Waals surface area contributed by atoms with Crippen LogP contribution in [-0.2, 0) is 28.6 Å². The lowest BCUT2D eigenvalue weighted by Crippen LogP contribution is -2.01. The van der Waals surface area contributed by atoms with Gasteiger partial charge in [-0.15, -0.1) is 6.58 Å². The third-order valence-corrected chi connectivity index (χ3v) is 1.93. The number of carbonyl (C=O) groups excluding carboxylic acids is 3. The summed E-state index contributed by atoms with van der Waals surface area (Å²) in [7, 11) is 3.99. The van der Waals surface area contributed by atoms with E-state index in [1.165, 1.54) is 21.3 Å². The van der Waals surface area contributed by atoms with Crippen LogP contribution < -0.4 is 0 Å². The Bertz CT molecular complexity index is 434. The van der Waals surface area contributed by atoms with Crippen LogP contribution in [0.2, 0.25) is 0 Å². The summed E-state index contributed by atoms with van der Waals surface area (Å²) >= 11 is 0. The van der Waals surface area contributed by atoms with Crippen LogP contribution in [0, 0.1) is 0 Å². The van der Waals surface area contributed by atoms with Crippen LogP contribution in [0.15, 0.2) is 49.1 Å². The Morgan fingerprint density at radius 2 is 1.09 bits per heavy atom. The molecule has 0 aromatic heterocycles. The van der Waals surface area contributed by atoms with Gasteiger partial charge in [0.25, 0.3) is 0 Å². The minimum atomic E-state index is -0.366. The van der Waals surface area contributed by atoms with Gasteiger partial charge < -0.3 is 14.2 Å².